The average Bonchev–Trinajstić information content (AvgIpc) is 3.47. The lowest BCUT2D eigenvalue weighted by Gasteiger charge is -2.28. The Bertz CT molecular complexity index is 651. The number of hydrogen-bond acceptors (Lipinski definition) is 4. The molecule has 3 nitrogen and oxygen atoms in total. The fourth-order valence-electron chi connectivity index (χ4n) is 6.93. The van der Waals surface area contributed by atoms with Crippen molar-refractivity contribution in [1.82, 2.24) is 4.90 Å². The maximum Gasteiger partial charge on any atom is 0.168 e. The predicted molar refractivity (Wildman–Crippen MR) is 213 cm³/mol. The van der Waals surface area contributed by atoms with Gasteiger partial charge in [0.1, 0.15) is 0 Å². The first-order valence-electron chi connectivity index (χ1n) is 21.0. The Hall–Kier alpha value is -0.290. The Morgan fingerprint density at radius 3 is 1.38 bits per heavy atom. The summed E-state index contributed by atoms with van der Waals surface area (Å²) in [5, 5.41) is 0. The summed E-state index contributed by atoms with van der Waals surface area (Å²) in [6.07, 6.45) is 50.7. The summed E-state index contributed by atoms with van der Waals surface area (Å²) in [5.74, 6) is 0.737. The van der Waals surface area contributed by atoms with Gasteiger partial charge < -0.3 is 14.4 Å². The summed E-state index contributed by atoms with van der Waals surface area (Å²) in [6.45, 7) is 4.22. The van der Waals surface area contributed by atoms with Crippen molar-refractivity contribution >= 4 is 12.6 Å². The molecule has 0 N–H and O–H groups in total. The molecule has 1 aliphatic rings. The topological polar surface area (TPSA) is 21.7 Å². The molecule has 2 unspecified atom stereocenters. The molecule has 0 bridgehead atoms. The van der Waals surface area contributed by atoms with Gasteiger partial charge in [-0.15, -0.1) is 0 Å². The Morgan fingerprint density at radius 2 is 0.957 bits per heavy atom. The van der Waals surface area contributed by atoms with Crippen LogP contribution in [-0.2, 0) is 9.47 Å². The third-order valence-corrected chi connectivity index (χ3v) is 10.3. The third-order valence-electron chi connectivity index (χ3n) is 9.99. The van der Waals surface area contributed by atoms with Crippen molar-refractivity contribution < 1.29 is 9.47 Å². The van der Waals surface area contributed by atoms with Gasteiger partial charge in [-0.3, -0.25) is 0 Å². The molecule has 1 saturated heterocycles. The van der Waals surface area contributed by atoms with E-state index < -0.39 is 0 Å². The highest BCUT2D eigenvalue weighted by Crippen LogP contribution is 2.36. The largest absolute Gasteiger partial charge is 0.347 e. The second kappa shape index (κ2) is 34.2. The van der Waals surface area contributed by atoms with Crippen molar-refractivity contribution in [1.29, 1.82) is 0 Å². The highest BCUT2D eigenvalue weighted by Gasteiger charge is 2.40. The number of unbranched alkanes of at least 4 members (excludes halogenated alkanes) is 23. The van der Waals surface area contributed by atoms with Crippen LogP contribution in [0.25, 0.3) is 0 Å². The molecule has 0 aromatic rings. The molecule has 0 radical (unpaired) electrons. The van der Waals surface area contributed by atoms with Gasteiger partial charge in [-0.1, -0.05) is 134 Å². The molecule has 0 aromatic heterocycles. The zero-order chi connectivity index (χ0) is 33.9. The second-order valence-corrected chi connectivity index (χ2v) is 15.5. The highest BCUT2D eigenvalue weighted by atomic mass is 32.1. The standard InChI is InChI=1S/C43H83NO2S/c1-4-5-6-7-8-9-10-11-12-14-17-20-23-26-29-32-37-43(45-41-42(46-43)36-35-39-44(2)3)38-33-30-27-24-21-18-15-13-16-19-22-25-28-31-34-40-47/h11-13,16,42,47H,4-10,14-15,17-41H2,1-3H3/b12-11-,16-13-. The smallest absolute Gasteiger partial charge is 0.168 e. The molecule has 1 heterocycles. The van der Waals surface area contributed by atoms with E-state index >= 15 is 0 Å². The van der Waals surface area contributed by atoms with E-state index in [1.165, 1.54) is 180 Å². The Balaban J connectivity index is 2.15. The zero-order valence-electron chi connectivity index (χ0n) is 32.1. The van der Waals surface area contributed by atoms with Gasteiger partial charge in [0.25, 0.3) is 0 Å². The molecular formula is C43H83NO2S. The van der Waals surface area contributed by atoms with E-state index in [-0.39, 0.29) is 11.9 Å². The van der Waals surface area contributed by atoms with E-state index in [1.54, 1.807) is 0 Å². The van der Waals surface area contributed by atoms with Crippen LogP contribution in [0.5, 0.6) is 0 Å². The fraction of sp³-hybridized carbons (Fsp3) is 0.907. The summed E-state index contributed by atoms with van der Waals surface area (Å²) in [7, 11) is 4.33. The Morgan fingerprint density at radius 1 is 0.553 bits per heavy atom. The minimum absolute atomic E-state index is 0.287. The van der Waals surface area contributed by atoms with E-state index in [9.17, 15) is 0 Å². The minimum Gasteiger partial charge on any atom is -0.347 e. The monoisotopic (exact) mass is 678 g/mol. The van der Waals surface area contributed by atoms with E-state index in [0.717, 1.165) is 38.2 Å². The van der Waals surface area contributed by atoms with Gasteiger partial charge in [0, 0.05) is 12.8 Å². The molecule has 278 valence electrons. The number of hydrogen-bond donors (Lipinski definition) is 1. The molecule has 2 atom stereocenters. The van der Waals surface area contributed by atoms with E-state index in [0.29, 0.717) is 0 Å². The lowest BCUT2D eigenvalue weighted by atomic mass is 9.98. The number of thiol groups is 1. The molecule has 47 heavy (non-hydrogen) atoms. The first-order valence-corrected chi connectivity index (χ1v) is 21.6. The summed E-state index contributed by atoms with van der Waals surface area (Å²) in [6, 6.07) is 0. The van der Waals surface area contributed by atoms with Crippen LogP contribution in [0.15, 0.2) is 24.3 Å². The fourth-order valence-corrected chi connectivity index (χ4v) is 7.15. The van der Waals surface area contributed by atoms with Gasteiger partial charge >= 0.3 is 0 Å². The summed E-state index contributed by atoms with van der Waals surface area (Å²) in [5.41, 5.74) is 0. The molecule has 4 heteroatoms. The molecule has 0 aliphatic carbocycles. The highest BCUT2D eigenvalue weighted by molar-refractivity contribution is 7.80. The van der Waals surface area contributed by atoms with Gasteiger partial charge in [-0.05, 0) is 110 Å². The Labute approximate surface area is 301 Å². The van der Waals surface area contributed by atoms with Crippen LogP contribution in [0.1, 0.15) is 206 Å². The van der Waals surface area contributed by atoms with Crippen molar-refractivity contribution in [2.75, 3.05) is 33.0 Å². The molecule has 1 aliphatic heterocycles. The molecular weight excluding hydrogens is 595 g/mol. The number of ether oxygens (including phenoxy) is 2. The normalized spacial score (nSPS) is 18.5. The number of allylic oxidation sites excluding steroid dienone is 4. The molecule has 0 amide bonds. The molecule has 0 spiro atoms. The van der Waals surface area contributed by atoms with Crippen LogP contribution < -0.4 is 0 Å². The van der Waals surface area contributed by atoms with Gasteiger partial charge in [0.2, 0.25) is 0 Å². The average molecular weight is 678 g/mol. The first-order chi connectivity index (χ1) is 23.1. The predicted octanol–water partition coefficient (Wildman–Crippen LogP) is 13.8. The second-order valence-electron chi connectivity index (χ2n) is 15.0. The van der Waals surface area contributed by atoms with Crippen molar-refractivity contribution in [3.05, 3.63) is 24.3 Å². The van der Waals surface area contributed by atoms with Crippen LogP contribution in [0.3, 0.4) is 0 Å². The number of nitrogens with zero attached hydrogens (tertiary/aromatic N) is 1. The lowest BCUT2D eigenvalue weighted by Crippen LogP contribution is -2.31. The summed E-state index contributed by atoms with van der Waals surface area (Å²) >= 11 is 4.30. The maximum atomic E-state index is 6.72. The Kier molecular flexibility index (Phi) is 32.5. The van der Waals surface area contributed by atoms with Gasteiger partial charge in [-0.25, -0.2) is 0 Å². The van der Waals surface area contributed by atoms with Crippen molar-refractivity contribution in [2.24, 2.45) is 0 Å². The molecule has 1 rings (SSSR count). The van der Waals surface area contributed by atoms with Crippen molar-refractivity contribution in [3.63, 3.8) is 0 Å². The molecule has 1 fully saturated rings. The van der Waals surface area contributed by atoms with Crippen LogP contribution in [0, 0.1) is 0 Å². The summed E-state index contributed by atoms with van der Waals surface area (Å²) < 4.78 is 13.2. The third kappa shape index (κ3) is 29.2. The van der Waals surface area contributed by atoms with Gasteiger partial charge in [0.15, 0.2) is 5.79 Å². The molecule has 0 aromatic carbocycles. The lowest BCUT2D eigenvalue weighted by molar-refractivity contribution is -0.180. The van der Waals surface area contributed by atoms with Gasteiger partial charge in [-0.2, -0.15) is 12.6 Å². The molecule has 0 saturated carbocycles. The van der Waals surface area contributed by atoms with Crippen LogP contribution in [-0.4, -0.2) is 49.8 Å². The van der Waals surface area contributed by atoms with E-state index in [1.807, 2.05) is 0 Å². The van der Waals surface area contributed by atoms with Gasteiger partial charge in [0.05, 0.1) is 12.7 Å². The van der Waals surface area contributed by atoms with Crippen LogP contribution >= 0.6 is 12.6 Å². The summed E-state index contributed by atoms with van der Waals surface area (Å²) in [4.78, 5) is 2.28. The van der Waals surface area contributed by atoms with Crippen LogP contribution in [0.2, 0.25) is 0 Å². The zero-order valence-corrected chi connectivity index (χ0v) is 33.0. The minimum atomic E-state index is -0.305. The van der Waals surface area contributed by atoms with Crippen molar-refractivity contribution in [2.45, 2.75) is 218 Å². The van der Waals surface area contributed by atoms with E-state index in [2.05, 4.69) is 62.9 Å². The first kappa shape index (κ1) is 44.7. The maximum absolute atomic E-state index is 6.72. The number of rotatable bonds is 36. The van der Waals surface area contributed by atoms with E-state index in [4.69, 9.17) is 9.47 Å². The van der Waals surface area contributed by atoms with Crippen molar-refractivity contribution in [3.8, 4) is 0 Å². The quantitative estimate of drug-likeness (QED) is 0.0405. The van der Waals surface area contributed by atoms with Crippen LogP contribution in [0.4, 0.5) is 0 Å². The SMILES string of the molecule is CCCCCCCC/C=C\CCCCCCCCC1(CCCCCCCC/C=C\CCCCCCCS)OCC(CCCN(C)C)O1.